The summed E-state index contributed by atoms with van der Waals surface area (Å²) < 4.78 is 0. The molecule has 1 aromatic carbocycles. The van der Waals surface area contributed by atoms with Crippen molar-refractivity contribution >= 4 is 22.9 Å². The predicted molar refractivity (Wildman–Crippen MR) is 128 cm³/mol. The van der Waals surface area contributed by atoms with Crippen LogP contribution in [0, 0.1) is 0 Å². The van der Waals surface area contributed by atoms with Crippen LogP contribution in [0.3, 0.4) is 0 Å². The molecule has 0 aliphatic carbocycles. The minimum Gasteiger partial charge on any atom is -0.350 e. The molecule has 0 unspecified atom stereocenters. The first kappa shape index (κ1) is 21.0. The minimum atomic E-state index is 0.725. The summed E-state index contributed by atoms with van der Waals surface area (Å²) in [5, 5.41) is 6.68. The molecule has 152 valence electrons. The molecule has 0 saturated heterocycles. The van der Waals surface area contributed by atoms with Gasteiger partial charge in [0.25, 0.3) is 0 Å². The zero-order valence-corrected chi connectivity index (χ0v) is 17.5. The van der Waals surface area contributed by atoms with E-state index in [-0.39, 0.29) is 0 Å². The SMILES string of the molecule is C=C/C=C1/C(=C)/C(=C\NC(C)=NCCc2ccccc2)c2ccncc2NC1=NC. The second kappa shape index (κ2) is 10.2. The first-order valence-corrected chi connectivity index (χ1v) is 9.86. The molecule has 0 bridgehead atoms. The molecular formula is C25H27N5. The number of aromatic nitrogens is 1. The molecule has 0 amide bonds. The van der Waals surface area contributed by atoms with Gasteiger partial charge in [-0.05, 0) is 30.5 Å². The van der Waals surface area contributed by atoms with E-state index in [1.165, 1.54) is 5.56 Å². The van der Waals surface area contributed by atoms with E-state index in [9.17, 15) is 0 Å². The van der Waals surface area contributed by atoms with Crippen molar-refractivity contribution in [1.82, 2.24) is 10.3 Å². The van der Waals surface area contributed by atoms with Gasteiger partial charge in [0.1, 0.15) is 5.84 Å². The van der Waals surface area contributed by atoms with Crippen molar-refractivity contribution in [3.05, 3.63) is 103 Å². The van der Waals surface area contributed by atoms with Crippen molar-refractivity contribution < 1.29 is 0 Å². The van der Waals surface area contributed by atoms with Crippen LogP contribution in [-0.4, -0.2) is 30.2 Å². The highest BCUT2D eigenvalue weighted by Gasteiger charge is 2.22. The Kier molecular flexibility index (Phi) is 7.11. The van der Waals surface area contributed by atoms with Crippen LogP contribution in [0.4, 0.5) is 5.69 Å². The highest BCUT2D eigenvalue weighted by atomic mass is 15.0. The van der Waals surface area contributed by atoms with E-state index in [2.05, 4.69) is 63.0 Å². The lowest BCUT2D eigenvalue weighted by Gasteiger charge is -2.12. The van der Waals surface area contributed by atoms with E-state index < -0.39 is 0 Å². The maximum atomic E-state index is 4.64. The molecule has 1 aliphatic rings. The van der Waals surface area contributed by atoms with Crippen molar-refractivity contribution in [3.63, 3.8) is 0 Å². The lowest BCUT2D eigenvalue weighted by Crippen LogP contribution is -2.16. The minimum absolute atomic E-state index is 0.725. The van der Waals surface area contributed by atoms with Gasteiger partial charge in [-0.25, -0.2) is 0 Å². The van der Waals surface area contributed by atoms with Crippen LogP contribution < -0.4 is 10.6 Å². The first-order chi connectivity index (χ1) is 14.6. The summed E-state index contributed by atoms with van der Waals surface area (Å²) in [4.78, 5) is 13.3. The van der Waals surface area contributed by atoms with E-state index in [1.807, 2.05) is 31.3 Å². The molecule has 1 aliphatic heterocycles. The Labute approximate surface area is 178 Å². The van der Waals surface area contributed by atoms with Gasteiger partial charge in [0.2, 0.25) is 0 Å². The molecule has 2 aromatic rings. The Balaban J connectivity index is 1.85. The van der Waals surface area contributed by atoms with Gasteiger partial charge in [-0.1, -0.05) is 55.6 Å². The zero-order chi connectivity index (χ0) is 21.3. The molecular weight excluding hydrogens is 370 g/mol. The van der Waals surface area contributed by atoms with Crippen LogP contribution >= 0.6 is 0 Å². The fourth-order valence-corrected chi connectivity index (χ4v) is 3.23. The molecule has 0 spiro atoms. The van der Waals surface area contributed by atoms with Crippen LogP contribution in [0.15, 0.2) is 101 Å². The Hall–Kier alpha value is -3.73. The van der Waals surface area contributed by atoms with E-state index in [1.54, 1.807) is 25.5 Å². The second-order valence-electron chi connectivity index (χ2n) is 6.82. The summed E-state index contributed by atoms with van der Waals surface area (Å²) >= 11 is 0. The van der Waals surface area contributed by atoms with Gasteiger partial charge in [0, 0.05) is 42.7 Å². The maximum Gasteiger partial charge on any atom is 0.133 e. The van der Waals surface area contributed by atoms with Gasteiger partial charge in [0.05, 0.1) is 17.7 Å². The third-order valence-corrected chi connectivity index (χ3v) is 4.80. The van der Waals surface area contributed by atoms with Crippen molar-refractivity contribution in [2.24, 2.45) is 9.98 Å². The summed E-state index contributed by atoms with van der Waals surface area (Å²) in [6, 6.07) is 12.3. The average molecular weight is 398 g/mol. The van der Waals surface area contributed by atoms with Gasteiger partial charge in [-0.2, -0.15) is 0 Å². The maximum absolute atomic E-state index is 4.64. The molecule has 3 rings (SSSR count). The van der Waals surface area contributed by atoms with E-state index >= 15 is 0 Å². The highest BCUT2D eigenvalue weighted by molar-refractivity contribution is 6.17. The van der Waals surface area contributed by atoms with Crippen molar-refractivity contribution in [2.75, 3.05) is 18.9 Å². The van der Waals surface area contributed by atoms with Crippen LogP contribution in [-0.2, 0) is 6.42 Å². The smallest absolute Gasteiger partial charge is 0.133 e. The number of anilines is 1. The van der Waals surface area contributed by atoms with Crippen LogP contribution in [0.5, 0.6) is 0 Å². The van der Waals surface area contributed by atoms with Crippen molar-refractivity contribution in [1.29, 1.82) is 0 Å². The Morgan fingerprint density at radius 1 is 1.20 bits per heavy atom. The number of nitrogens with one attached hydrogen (secondary N) is 2. The summed E-state index contributed by atoms with van der Waals surface area (Å²) in [7, 11) is 1.75. The fraction of sp³-hybridized carbons (Fsp3) is 0.160. The quantitative estimate of drug-likeness (QED) is 0.563. The summed E-state index contributed by atoms with van der Waals surface area (Å²) in [5.41, 5.74) is 5.83. The number of hydrogen-bond acceptors (Lipinski definition) is 3. The summed E-state index contributed by atoms with van der Waals surface area (Å²) in [6.07, 6.45) is 10.1. The van der Waals surface area contributed by atoms with E-state index in [4.69, 9.17) is 0 Å². The summed E-state index contributed by atoms with van der Waals surface area (Å²) in [6.45, 7) is 10.8. The standard InChI is InChI=1S/C25H27N5/c1-5-9-21-18(2)23(22-13-14-27-17-24(22)30-25(21)26-4)16-29-19(3)28-15-12-20-10-7-6-8-11-20/h5-11,13-14,16-17H,1-2,12,15H2,3-4H3,(H,26,30)(H,28,29)/b21-9-,23-16+. The Morgan fingerprint density at radius 3 is 2.73 bits per heavy atom. The van der Waals surface area contributed by atoms with Gasteiger partial charge in [-0.3, -0.25) is 15.0 Å². The second-order valence-corrected chi connectivity index (χ2v) is 6.82. The van der Waals surface area contributed by atoms with Crippen LogP contribution in [0.2, 0.25) is 0 Å². The predicted octanol–water partition coefficient (Wildman–Crippen LogP) is 4.80. The number of nitrogens with zero attached hydrogens (tertiary/aromatic N) is 3. The van der Waals surface area contributed by atoms with E-state index in [0.717, 1.165) is 52.6 Å². The lowest BCUT2D eigenvalue weighted by atomic mass is 9.95. The molecule has 0 fully saturated rings. The molecule has 30 heavy (non-hydrogen) atoms. The molecule has 5 heteroatoms. The number of aliphatic imine (C=N–C) groups is 2. The average Bonchev–Trinajstić information content (AvgIpc) is 2.88. The lowest BCUT2D eigenvalue weighted by molar-refractivity contribution is 0.955. The normalized spacial score (nSPS) is 18.1. The molecule has 5 nitrogen and oxygen atoms in total. The number of fused-ring (bicyclic) bond motifs is 1. The Bertz CT molecular complexity index is 1040. The number of benzene rings is 1. The molecule has 1 aromatic heterocycles. The third-order valence-electron chi connectivity index (χ3n) is 4.80. The van der Waals surface area contributed by atoms with Gasteiger partial charge in [0.15, 0.2) is 0 Å². The van der Waals surface area contributed by atoms with Crippen molar-refractivity contribution in [2.45, 2.75) is 13.3 Å². The van der Waals surface area contributed by atoms with Crippen molar-refractivity contribution in [3.8, 4) is 0 Å². The number of rotatable bonds is 5. The molecule has 0 radical (unpaired) electrons. The fourth-order valence-electron chi connectivity index (χ4n) is 3.23. The van der Waals surface area contributed by atoms with Gasteiger partial charge < -0.3 is 10.6 Å². The third kappa shape index (κ3) is 5.00. The first-order valence-electron chi connectivity index (χ1n) is 9.86. The van der Waals surface area contributed by atoms with Gasteiger partial charge in [-0.15, -0.1) is 0 Å². The number of amidine groups is 2. The summed E-state index contributed by atoms with van der Waals surface area (Å²) in [5.74, 6) is 1.57. The largest absolute Gasteiger partial charge is 0.350 e. The topological polar surface area (TPSA) is 61.7 Å². The van der Waals surface area contributed by atoms with Gasteiger partial charge >= 0.3 is 0 Å². The van der Waals surface area contributed by atoms with E-state index in [0.29, 0.717) is 0 Å². The molecule has 2 N–H and O–H groups in total. The molecule has 0 atom stereocenters. The zero-order valence-electron chi connectivity index (χ0n) is 17.5. The molecule has 0 saturated carbocycles. The number of pyridine rings is 1. The van der Waals surface area contributed by atoms with Crippen LogP contribution in [0.1, 0.15) is 18.1 Å². The molecule has 2 heterocycles. The van der Waals surface area contributed by atoms with Crippen LogP contribution in [0.25, 0.3) is 5.57 Å². The number of allylic oxidation sites excluding steroid dienone is 3. The monoisotopic (exact) mass is 397 g/mol. The Morgan fingerprint density at radius 2 is 2.00 bits per heavy atom. The highest BCUT2D eigenvalue weighted by Crippen LogP contribution is 2.35. The number of hydrogen-bond donors (Lipinski definition) is 2.